The number of aliphatic carboxylic acids is 1. The van der Waals surface area contributed by atoms with Crippen LogP contribution in [0.4, 0.5) is 0 Å². The fourth-order valence-electron chi connectivity index (χ4n) is 3.16. The largest absolute Gasteiger partial charge is 0.480 e. The smallest absolute Gasteiger partial charge is 0.317 e. The molecule has 2 atom stereocenters. The quantitative estimate of drug-likeness (QED) is 0.762. The van der Waals surface area contributed by atoms with Crippen molar-refractivity contribution < 1.29 is 14.7 Å². The normalized spacial score (nSPS) is 28.9. The van der Waals surface area contributed by atoms with Crippen LogP contribution >= 0.6 is 0 Å². The van der Waals surface area contributed by atoms with Crippen LogP contribution in [0.25, 0.3) is 0 Å². The van der Waals surface area contributed by atoms with Gasteiger partial charge in [0.1, 0.15) is 0 Å². The van der Waals surface area contributed by atoms with Crippen molar-refractivity contribution in [3.63, 3.8) is 0 Å². The first-order chi connectivity index (χ1) is 9.56. The van der Waals surface area contributed by atoms with E-state index in [0.717, 1.165) is 38.9 Å². The Labute approximate surface area is 120 Å². The molecule has 2 rings (SSSR count). The highest BCUT2D eigenvalue weighted by atomic mass is 16.4. The van der Waals surface area contributed by atoms with Crippen LogP contribution in [-0.2, 0) is 9.59 Å². The molecule has 0 saturated carbocycles. The van der Waals surface area contributed by atoms with E-state index in [4.69, 9.17) is 5.11 Å². The third-order valence-corrected chi connectivity index (χ3v) is 4.23. The first-order valence-electron chi connectivity index (χ1n) is 7.52. The van der Waals surface area contributed by atoms with Crippen molar-refractivity contribution in [1.29, 1.82) is 0 Å². The van der Waals surface area contributed by atoms with E-state index in [1.165, 1.54) is 0 Å². The van der Waals surface area contributed by atoms with Crippen molar-refractivity contribution in [3.05, 3.63) is 0 Å². The maximum atomic E-state index is 12.5. The molecular weight excluding hydrogens is 258 g/mol. The molecule has 0 aromatic rings. The number of nitrogens with zero attached hydrogens (tertiary/aromatic N) is 2. The van der Waals surface area contributed by atoms with Gasteiger partial charge in [0.2, 0.25) is 5.91 Å². The molecule has 2 unspecified atom stereocenters. The Morgan fingerprint density at radius 2 is 2.05 bits per heavy atom. The summed E-state index contributed by atoms with van der Waals surface area (Å²) in [4.78, 5) is 27.1. The number of rotatable bonds is 3. The first kappa shape index (κ1) is 15.3. The summed E-state index contributed by atoms with van der Waals surface area (Å²) in [5, 5.41) is 12.2. The number of hydrogen-bond donors (Lipinski definition) is 2. The van der Waals surface area contributed by atoms with E-state index in [1.807, 2.05) is 9.80 Å². The minimum Gasteiger partial charge on any atom is -0.480 e. The average Bonchev–Trinajstić information content (AvgIpc) is 2.63. The second-order valence-corrected chi connectivity index (χ2v) is 5.93. The van der Waals surface area contributed by atoms with Crippen LogP contribution < -0.4 is 5.32 Å². The molecule has 6 heteroatoms. The Hall–Kier alpha value is -1.14. The molecule has 0 bridgehead atoms. The van der Waals surface area contributed by atoms with Gasteiger partial charge in [0, 0.05) is 38.1 Å². The maximum Gasteiger partial charge on any atom is 0.317 e. The molecule has 0 aliphatic carbocycles. The molecule has 6 nitrogen and oxygen atoms in total. The molecule has 2 saturated heterocycles. The van der Waals surface area contributed by atoms with E-state index in [9.17, 15) is 9.59 Å². The van der Waals surface area contributed by atoms with Crippen molar-refractivity contribution in [2.24, 2.45) is 5.92 Å². The topological polar surface area (TPSA) is 72.9 Å². The third-order valence-electron chi connectivity index (χ3n) is 4.23. The van der Waals surface area contributed by atoms with E-state index < -0.39 is 5.97 Å². The van der Waals surface area contributed by atoms with E-state index in [2.05, 4.69) is 12.2 Å². The van der Waals surface area contributed by atoms with Gasteiger partial charge in [-0.2, -0.15) is 0 Å². The van der Waals surface area contributed by atoms with Gasteiger partial charge in [0.25, 0.3) is 0 Å². The van der Waals surface area contributed by atoms with Crippen molar-refractivity contribution in [1.82, 2.24) is 15.1 Å². The molecule has 2 aliphatic heterocycles. The molecular formula is C14H25N3O3. The van der Waals surface area contributed by atoms with Crippen molar-refractivity contribution in [2.45, 2.75) is 32.2 Å². The number of carbonyl (C=O) groups excluding carboxylic acids is 1. The third kappa shape index (κ3) is 4.18. The van der Waals surface area contributed by atoms with E-state index >= 15 is 0 Å². The van der Waals surface area contributed by atoms with Crippen LogP contribution in [0.2, 0.25) is 0 Å². The number of carbonyl (C=O) groups is 2. The lowest BCUT2D eigenvalue weighted by Gasteiger charge is -2.31. The predicted octanol–water partition coefficient (Wildman–Crippen LogP) is -0.00660. The summed E-state index contributed by atoms with van der Waals surface area (Å²) in [5.41, 5.74) is 0. The van der Waals surface area contributed by atoms with Gasteiger partial charge in [0.05, 0.1) is 6.54 Å². The molecule has 20 heavy (non-hydrogen) atoms. The molecule has 0 aromatic heterocycles. The van der Waals surface area contributed by atoms with Crippen molar-refractivity contribution >= 4 is 11.9 Å². The minimum absolute atomic E-state index is 0.0758. The second kappa shape index (κ2) is 7.04. The Morgan fingerprint density at radius 1 is 1.25 bits per heavy atom. The van der Waals surface area contributed by atoms with Gasteiger partial charge in [-0.15, -0.1) is 0 Å². The molecule has 2 aliphatic rings. The Balaban J connectivity index is 1.86. The fraction of sp³-hybridized carbons (Fsp3) is 0.857. The molecule has 2 N–H and O–H groups in total. The monoisotopic (exact) mass is 283 g/mol. The van der Waals surface area contributed by atoms with E-state index in [1.54, 1.807) is 0 Å². The summed E-state index contributed by atoms with van der Waals surface area (Å²) >= 11 is 0. The molecule has 2 fully saturated rings. The van der Waals surface area contributed by atoms with Gasteiger partial charge < -0.3 is 15.3 Å². The number of nitrogens with one attached hydrogen (secondary N) is 1. The SMILES string of the molecule is CC1CC(C(=O)N2CCCN(CC(=O)O)CC2)CCN1. The Kier molecular flexibility index (Phi) is 5.37. The lowest BCUT2D eigenvalue weighted by Crippen LogP contribution is -2.45. The minimum atomic E-state index is -0.794. The van der Waals surface area contributed by atoms with E-state index in [-0.39, 0.29) is 18.4 Å². The number of piperidine rings is 1. The lowest BCUT2D eigenvalue weighted by atomic mass is 9.92. The van der Waals surface area contributed by atoms with Crippen LogP contribution in [0, 0.1) is 5.92 Å². The zero-order valence-electron chi connectivity index (χ0n) is 12.2. The highest BCUT2D eigenvalue weighted by Crippen LogP contribution is 2.19. The molecule has 114 valence electrons. The standard InChI is InChI=1S/C14H25N3O3/c1-11-9-12(3-4-15-11)14(20)17-6-2-5-16(7-8-17)10-13(18)19/h11-12,15H,2-10H2,1H3,(H,18,19). The van der Waals surface area contributed by atoms with Gasteiger partial charge in [0.15, 0.2) is 0 Å². The van der Waals surface area contributed by atoms with Crippen LogP contribution in [0.5, 0.6) is 0 Å². The van der Waals surface area contributed by atoms with Gasteiger partial charge in [-0.05, 0) is 32.7 Å². The summed E-state index contributed by atoms with van der Waals surface area (Å²) in [6.07, 6.45) is 2.69. The average molecular weight is 283 g/mol. The first-order valence-corrected chi connectivity index (χ1v) is 7.52. The number of amides is 1. The summed E-state index contributed by atoms with van der Waals surface area (Å²) in [6.45, 7) is 5.95. The lowest BCUT2D eigenvalue weighted by molar-refractivity contribution is -0.138. The molecule has 1 amide bonds. The summed E-state index contributed by atoms with van der Waals surface area (Å²) in [6, 6.07) is 0.410. The van der Waals surface area contributed by atoms with Crippen LogP contribution in [0.1, 0.15) is 26.2 Å². The Bertz CT molecular complexity index is 362. The number of carboxylic acids is 1. The summed E-state index contributed by atoms with van der Waals surface area (Å²) in [5.74, 6) is -0.398. The van der Waals surface area contributed by atoms with Crippen molar-refractivity contribution in [2.75, 3.05) is 39.3 Å². The van der Waals surface area contributed by atoms with Gasteiger partial charge in [-0.3, -0.25) is 14.5 Å². The number of hydrogen-bond acceptors (Lipinski definition) is 4. The van der Waals surface area contributed by atoms with Gasteiger partial charge in [-0.1, -0.05) is 0 Å². The molecule has 2 heterocycles. The molecule has 0 radical (unpaired) electrons. The maximum absolute atomic E-state index is 12.5. The highest BCUT2D eigenvalue weighted by Gasteiger charge is 2.29. The summed E-state index contributed by atoms with van der Waals surface area (Å²) < 4.78 is 0. The van der Waals surface area contributed by atoms with Crippen LogP contribution in [0.15, 0.2) is 0 Å². The zero-order chi connectivity index (χ0) is 14.5. The highest BCUT2D eigenvalue weighted by molar-refractivity contribution is 5.79. The second-order valence-electron chi connectivity index (χ2n) is 5.93. The Morgan fingerprint density at radius 3 is 2.75 bits per heavy atom. The van der Waals surface area contributed by atoms with Crippen LogP contribution in [-0.4, -0.2) is 72.1 Å². The molecule has 0 spiro atoms. The van der Waals surface area contributed by atoms with Gasteiger partial charge >= 0.3 is 5.97 Å². The van der Waals surface area contributed by atoms with Crippen LogP contribution in [0.3, 0.4) is 0 Å². The molecule has 0 aromatic carbocycles. The van der Waals surface area contributed by atoms with Gasteiger partial charge in [-0.25, -0.2) is 0 Å². The summed E-state index contributed by atoms with van der Waals surface area (Å²) in [7, 11) is 0. The van der Waals surface area contributed by atoms with Crippen molar-refractivity contribution in [3.8, 4) is 0 Å². The predicted molar refractivity (Wildman–Crippen MR) is 75.5 cm³/mol. The zero-order valence-corrected chi connectivity index (χ0v) is 12.2. The number of carboxylic acid groups (broad SMARTS) is 1. The van der Waals surface area contributed by atoms with E-state index in [0.29, 0.717) is 19.1 Å². The fourth-order valence-corrected chi connectivity index (χ4v) is 3.16.